The Kier molecular flexibility index (Phi) is 4.87. The number of rotatable bonds is 3. The van der Waals surface area contributed by atoms with Crippen LogP contribution in [-0.2, 0) is 0 Å². The number of hydrogen-bond donors (Lipinski definition) is 1. The summed E-state index contributed by atoms with van der Waals surface area (Å²) in [6, 6.07) is 5.79. The van der Waals surface area contributed by atoms with Crippen molar-refractivity contribution in [1.29, 1.82) is 0 Å². The van der Waals surface area contributed by atoms with Gasteiger partial charge in [0, 0.05) is 24.7 Å². The second kappa shape index (κ2) is 7.97. The highest BCUT2D eigenvalue weighted by atomic mass is 19.1. The Labute approximate surface area is 199 Å². The van der Waals surface area contributed by atoms with E-state index >= 15 is 0 Å². The number of pyridine rings is 1. The first kappa shape index (κ1) is 21.4. The molecule has 1 N–H and O–H groups in total. The van der Waals surface area contributed by atoms with Gasteiger partial charge in [0.2, 0.25) is 0 Å². The second-order valence-electron chi connectivity index (χ2n) is 9.09. The first-order chi connectivity index (χ1) is 16.9. The van der Waals surface area contributed by atoms with Crippen LogP contribution < -0.4 is 0 Å². The molecule has 0 bridgehead atoms. The van der Waals surface area contributed by atoms with Crippen LogP contribution in [0.15, 0.2) is 51.1 Å². The number of amides is 1. The van der Waals surface area contributed by atoms with Crippen molar-refractivity contribution in [2.24, 2.45) is 16.8 Å². The number of hydrogen-bond acceptors (Lipinski definition) is 7. The molecule has 0 saturated carbocycles. The van der Waals surface area contributed by atoms with Gasteiger partial charge in [-0.05, 0) is 55.0 Å². The van der Waals surface area contributed by atoms with E-state index in [1.54, 1.807) is 29.3 Å². The number of H-pyrrole nitrogens is 1. The summed E-state index contributed by atoms with van der Waals surface area (Å²) in [6.45, 7) is 6.57. The van der Waals surface area contributed by atoms with Gasteiger partial charge in [0.25, 0.3) is 5.89 Å². The van der Waals surface area contributed by atoms with Crippen molar-refractivity contribution in [3.05, 3.63) is 64.8 Å². The SMILES string of the molecule is Cc1cc(-c2nnc(C(=O)N3CCC4=C(N=CC(C)C4C)[C@H]3c3cc4c(F)cccn4n3)o2)n[nH]1. The largest absolute Gasteiger partial charge is 0.411 e. The molecule has 2 aliphatic heterocycles. The third kappa shape index (κ3) is 3.46. The molecule has 3 atom stereocenters. The van der Waals surface area contributed by atoms with Gasteiger partial charge in [0.15, 0.2) is 0 Å². The molecule has 6 rings (SSSR count). The molecule has 0 radical (unpaired) electrons. The van der Waals surface area contributed by atoms with Gasteiger partial charge in [-0.1, -0.05) is 13.8 Å². The predicted molar refractivity (Wildman–Crippen MR) is 124 cm³/mol. The number of nitrogens with one attached hydrogen (secondary N) is 1. The summed E-state index contributed by atoms with van der Waals surface area (Å²) in [5, 5.41) is 19.5. The van der Waals surface area contributed by atoms with E-state index in [-0.39, 0.29) is 29.4 Å². The van der Waals surface area contributed by atoms with Crippen molar-refractivity contribution in [3.8, 4) is 11.6 Å². The molecule has 0 saturated heterocycles. The average Bonchev–Trinajstić information content (AvgIpc) is 3.60. The number of aromatic nitrogens is 6. The van der Waals surface area contributed by atoms with Gasteiger partial charge in [0.1, 0.15) is 23.1 Å². The summed E-state index contributed by atoms with van der Waals surface area (Å²) in [5.41, 5.74) is 4.10. The Hall–Kier alpha value is -4.15. The van der Waals surface area contributed by atoms with E-state index in [1.807, 2.05) is 13.1 Å². The Morgan fingerprint density at radius 2 is 2.11 bits per heavy atom. The number of aryl methyl sites for hydroxylation is 1. The molecule has 0 spiro atoms. The Balaban J connectivity index is 1.43. The quantitative estimate of drug-likeness (QED) is 0.483. The van der Waals surface area contributed by atoms with Crippen molar-refractivity contribution >= 4 is 17.6 Å². The molecule has 35 heavy (non-hydrogen) atoms. The van der Waals surface area contributed by atoms with Gasteiger partial charge in [-0.15, -0.1) is 10.2 Å². The van der Waals surface area contributed by atoms with Crippen LogP contribution in [0.4, 0.5) is 4.39 Å². The molecule has 0 fully saturated rings. The van der Waals surface area contributed by atoms with E-state index in [9.17, 15) is 9.18 Å². The van der Waals surface area contributed by atoms with Gasteiger partial charge in [-0.2, -0.15) is 10.2 Å². The van der Waals surface area contributed by atoms with E-state index in [1.165, 1.54) is 16.2 Å². The first-order valence-corrected chi connectivity index (χ1v) is 11.5. The molecule has 11 heteroatoms. The van der Waals surface area contributed by atoms with Gasteiger partial charge in [-0.3, -0.25) is 14.9 Å². The summed E-state index contributed by atoms with van der Waals surface area (Å²) in [7, 11) is 0. The normalized spacial score (nSPS) is 22.2. The molecule has 1 amide bonds. The fourth-order valence-electron chi connectivity index (χ4n) is 4.80. The van der Waals surface area contributed by atoms with Crippen molar-refractivity contribution in [3.63, 3.8) is 0 Å². The van der Waals surface area contributed by atoms with Crippen molar-refractivity contribution in [2.45, 2.75) is 33.2 Å². The number of halogens is 1. The molecule has 4 aromatic rings. The van der Waals surface area contributed by atoms with Crippen molar-refractivity contribution in [2.75, 3.05) is 6.54 Å². The third-order valence-electron chi connectivity index (χ3n) is 6.85. The minimum atomic E-state index is -0.611. The Bertz CT molecular complexity index is 1510. The maximum atomic E-state index is 14.5. The number of carbonyl (C=O) groups is 1. The number of carbonyl (C=O) groups excluding carboxylic acids is 1. The van der Waals surface area contributed by atoms with E-state index in [0.29, 0.717) is 29.9 Å². The lowest BCUT2D eigenvalue weighted by molar-refractivity contribution is 0.0640. The molecule has 2 aliphatic rings. The summed E-state index contributed by atoms with van der Waals surface area (Å²) in [4.78, 5) is 20.0. The highest BCUT2D eigenvalue weighted by molar-refractivity contribution is 5.90. The molecule has 10 nitrogen and oxygen atoms in total. The monoisotopic (exact) mass is 474 g/mol. The number of aliphatic imine (C=N–C) groups is 1. The zero-order valence-electron chi connectivity index (χ0n) is 19.4. The van der Waals surface area contributed by atoms with Crippen LogP contribution in [0.3, 0.4) is 0 Å². The second-order valence-corrected chi connectivity index (χ2v) is 9.09. The van der Waals surface area contributed by atoms with Crippen LogP contribution in [0.5, 0.6) is 0 Å². The number of fused-ring (bicyclic) bond motifs is 1. The lowest BCUT2D eigenvalue weighted by Crippen LogP contribution is -2.42. The average molecular weight is 475 g/mol. The molecular formula is C24H23FN8O2. The first-order valence-electron chi connectivity index (χ1n) is 11.5. The number of nitrogens with zero attached hydrogens (tertiary/aromatic N) is 7. The highest BCUT2D eigenvalue weighted by Crippen LogP contribution is 2.43. The fourth-order valence-corrected chi connectivity index (χ4v) is 4.80. The molecule has 0 aromatic carbocycles. The molecular weight excluding hydrogens is 451 g/mol. The summed E-state index contributed by atoms with van der Waals surface area (Å²) in [5.74, 6) is -0.268. The lowest BCUT2D eigenvalue weighted by Gasteiger charge is -2.39. The van der Waals surface area contributed by atoms with Gasteiger partial charge in [-0.25, -0.2) is 8.91 Å². The Morgan fingerprint density at radius 3 is 2.89 bits per heavy atom. The van der Waals surface area contributed by atoms with Crippen LogP contribution >= 0.6 is 0 Å². The van der Waals surface area contributed by atoms with E-state index < -0.39 is 11.9 Å². The van der Waals surface area contributed by atoms with Crippen molar-refractivity contribution < 1.29 is 13.6 Å². The maximum absolute atomic E-state index is 14.5. The van der Waals surface area contributed by atoms with Crippen LogP contribution in [-0.4, -0.2) is 53.6 Å². The van der Waals surface area contributed by atoms with Crippen LogP contribution in [0.1, 0.15) is 48.4 Å². The molecule has 0 aliphatic carbocycles. The van der Waals surface area contributed by atoms with Gasteiger partial charge in [0.05, 0.1) is 11.4 Å². The lowest BCUT2D eigenvalue weighted by atomic mass is 9.80. The summed E-state index contributed by atoms with van der Waals surface area (Å²) < 4.78 is 21.7. The van der Waals surface area contributed by atoms with E-state index in [2.05, 4.69) is 39.3 Å². The van der Waals surface area contributed by atoms with Crippen molar-refractivity contribution in [1.82, 2.24) is 34.9 Å². The fraction of sp³-hybridized carbons (Fsp3) is 0.333. The van der Waals surface area contributed by atoms with Crippen LogP contribution in [0.25, 0.3) is 17.1 Å². The smallest absolute Gasteiger partial charge is 0.312 e. The van der Waals surface area contributed by atoms with Gasteiger partial charge < -0.3 is 9.32 Å². The molecule has 178 valence electrons. The summed E-state index contributed by atoms with van der Waals surface area (Å²) in [6.07, 6.45) is 4.25. The number of aromatic amines is 1. The van der Waals surface area contributed by atoms with Gasteiger partial charge >= 0.3 is 11.8 Å². The topological polar surface area (TPSA) is 118 Å². The molecule has 4 aromatic heterocycles. The molecule has 6 heterocycles. The van der Waals surface area contributed by atoms with E-state index in [0.717, 1.165) is 11.4 Å². The minimum absolute atomic E-state index is 0.147. The minimum Gasteiger partial charge on any atom is -0.411 e. The standard InChI is InChI=1S/C24H23FN8O2/c1-12-11-26-20-15(14(12)3)6-8-32(21(20)17-10-19-16(25)5-4-7-33(19)31-17)24(34)23-30-29-22(35-23)18-9-13(2)27-28-18/h4-5,7,9-12,14,21H,6,8H2,1-3H3,(H,27,28)/t12?,14?,21-/m1/s1. The van der Waals surface area contributed by atoms with Crippen LogP contribution in [0, 0.1) is 24.6 Å². The summed E-state index contributed by atoms with van der Waals surface area (Å²) >= 11 is 0. The van der Waals surface area contributed by atoms with E-state index in [4.69, 9.17) is 9.41 Å². The molecule has 2 unspecified atom stereocenters. The Morgan fingerprint density at radius 1 is 1.26 bits per heavy atom. The zero-order valence-corrected chi connectivity index (χ0v) is 19.4. The maximum Gasteiger partial charge on any atom is 0.312 e. The highest BCUT2D eigenvalue weighted by Gasteiger charge is 2.41. The predicted octanol–water partition coefficient (Wildman–Crippen LogP) is 3.75. The zero-order chi connectivity index (χ0) is 24.3. The van der Waals surface area contributed by atoms with Crippen LogP contribution in [0.2, 0.25) is 0 Å². The third-order valence-corrected chi connectivity index (χ3v) is 6.85.